The second kappa shape index (κ2) is 9.11. The minimum absolute atomic E-state index is 0.359. The Morgan fingerprint density at radius 1 is 0.935 bits per heavy atom. The molecule has 0 saturated heterocycles. The van der Waals surface area contributed by atoms with Crippen LogP contribution in [0.5, 0.6) is 5.75 Å². The van der Waals surface area contributed by atoms with E-state index in [1.807, 2.05) is 79.7 Å². The number of carbonyl (C=O) groups is 1. The fourth-order valence-electron chi connectivity index (χ4n) is 3.52. The highest BCUT2D eigenvalue weighted by Gasteiger charge is 2.15. The minimum atomic E-state index is -0.359. The number of halogens is 1. The largest absolute Gasteiger partial charge is 0.488 e. The molecule has 0 bridgehead atoms. The molecule has 1 heterocycles. The van der Waals surface area contributed by atoms with Crippen LogP contribution in [0.25, 0.3) is 16.9 Å². The first kappa shape index (κ1) is 20.8. The maximum atomic E-state index is 11.8. The van der Waals surface area contributed by atoms with Crippen LogP contribution in [0.3, 0.4) is 0 Å². The van der Waals surface area contributed by atoms with Gasteiger partial charge in [0, 0.05) is 22.0 Å². The predicted octanol–water partition coefficient (Wildman–Crippen LogP) is 6.47. The monoisotopic (exact) mass is 431 g/mol. The topological polar surface area (TPSA) is 40.5 Å². The number of methoxy groups -OCH3 is 1. The van der Waals surface area contributed by atoms with Crippen LogP contribution >= 0.6 is 11.6 Å². The average molecular weight is 432 g/mol. The summed E-state index contributed by atoms with van der Waals surface area (Å²) < 4.78 is 13.1. The normalized spacial score (nSPS) is 10.7. The number of rotatable bonds is 6. The zero-order chi connectivity index (χ0) is 21.8. The molecule has 1 aromatic heterocycles. The first-order valence-corrected chi connectivity index (χ1v) is 10.3. The summed E-state index contributed by atoms with van der Waals surface area (Å²) in [5.41, 5.74) is 5.43. The Labute approximate surface area is 186 Å². The van der Waals surface area contributed by atoms with E-state index in [1.165, 1.54) is 7.11 Å². The molecule has 0 saturated carbocycles. The number of esters is 1. The van der Waals surface area contributed by atoms with E-state index in [1.54, 1.807) is 12.1 Å². The van der Waals surface area contributed by atoms with Crippen LogP contribution in [0.4, 0.5) is 0 Å². The molecule has 4 rings (SSSR count). The van der Waals surface area contributed by atoms with Gasteiger partial charge in [0.05, 0.1) is 18.4 Å². The average Bonchev–Trinajstić information content (AvgIpc) is 3.19. The van der Waals surface area contributed by atoms with Gasteiger partial charge >= 0.3 is 5.97 Å². The fourth-order valence-corrected chi connectivity index (χ4v) is 3.69. The Hall–Kier alpha value is -3.50. The molecule has 0 aliphatic carbocycles. The smallest absolute Gasteiger partial charge is 0.337 e. The van der Waals surface area contributed by atoms with Gasteiger partial charge in [-0.05, 0) is 67.1 Å². The van der Waals surface area contributed by atoms with Crippen LogP contribution in [0.2, 0.25) is 5.02 Å². The van der Waals surface area contributed by atoms with E-state index in [2.05, 4.69) is 4.57 Å². The van der Waals surface area contributed by atoms with Crippen molar-refractivity contribution in [2.45, 2.75) is 13.5 Å². The molecule has 4 aromatic rings. The minimum Gasteiger partial charge on any atom is -0.488 e. The van der Waals surface area contributed by atoms with Crippen LogP contribution in [0.1, 0.15) is 21.6 Å². The number of aryl methyl sites for hydroxylation is 1. The molecule has 0 aliphatic rings. The molecule has 0 fully saturated rings. The van der Waals surface area contributed by atoms with Crippen molar-refractivity contribution >= 4 is 17.6 Å². The molecule has 0 atom stereocenters. The van der Waals surface area contributed by atoms with Gasteiger partial charge in [0.25, 0.3) is 0 Å². The van der Waals surface area contributed by atoms with Gasteiger partial charge in [0.15, 0.2) is 0 Å². The van der Waals surface area contributed by atoms with E-state index in [4.69, 9.17) is 21.1 Å². The van der Waals surface area contributed by atoms with E-state index in [-0.39, 0.29) is 5.97 Å². The summed E-state index contributed by atoms with van der Waals surface area (Å²) in [5.74, 6) is 0.390. The number of carbonyl (C=O) groups excluding carboxylic acids is 1. The van der Waals surface area contributed by atoms with Crippen molar-refractivity contribution in [3.05, 3.63) is 107 Å². The van der Waals surface area contributed by atoms with Gasteiger partial charge < -0.3 is 14.0 Å². The lowest BCUT2D eigenvalue weighted by molar-refractivity contribution is 0.0600. The highest BCUT2D eigenvalue weighted by Crippen LogP contribution is 2.36. The standard InChI is InChI=1S/C26H22ClNO3/c1-18-8-14-24(28(18)22-12-9-20(10-13-22)26(29)30-2)23-16-21(27)11-15-25(23)31-17-19-6-4-3-5-7-19/h3-16H,17H2,1-2H3. The van der Waals surface area contributed by atoms with Crippen LogP contribution in [0.15, 0.2) is 84.9 Å². The summed E-state index contributed by atoms with van der Waals surface area (Å²) >= 11 is 6.34. The predicted molar refractivity (Wildman–Crippen MR) is 123 cm³/mol. The van der Waals surface area contributed by atoms with Gasteiger partial charge in [0.2, 0.25) is 0 Å². The van der Waals surface area contributed by atoms with Crippen LogP contribution in [-0.2, 0) is 11.3 Å². The molecule has 156 valence electrons. The molecule has 0 unspecified atom stereocenters. The lowest BCUT2D eigenvalue weighted by atomic mass is 10.1. The van der Waals surface area contributed by atoms with Crippen molar-refractivity contribution in [2.75, 3.05) is 7.11 Å². The lowest BCUT2D eigenvalue weighted by Gasteiger charge is -2.16. The molecular formula is C26H22ClNO3. The molecule has 0 radical (unpaired) electrons. The van der Waals surface area contributed by atoms with Crippen molar-refractivity contribution in [3.63, 3.8) is 0 Å². The molecule has 5 heteroatoms. The van der Waals surface area contributed by atoms with Gasteiger partial charge in [-0.25, -0.2) is 4.79 Å². The number of ether oxygens (including phenoxy) is 2. The summed E-state index contributed by atoms with van der Waals surface area (Å²) in [7, 11) is 1.38. The highest BCUT2D eigenvalue weighted by atomic mass is 35.5. The third kappa shape index (κ3) is 4.49. The van der Waals surface area contributed by atoms with Gasteiger partial charge in [-0.3, -0.25) is 0 Å². The van der Waals surface area contributed by atoms with Crippen molar-refractivity contribution in [1.29, 1.82) is 0 Å². The Morgan fingerprint density at radius 3 is 2.39 bits per heavy atom. The van der Waals surface area contributed by atoms with E-state index >= 15 is 0 Å². The van der Waals surface area contributed by atoms with Gasteiger partial charge in [0.1, 0.15) is 12.4 Å². The van der Waals surface area contributed by atoms with Crippen molar-refractivity contribution in [3.8, 4) is 22.7 Å². The second-order valence-corrected chi connectivity index (χ2v) is 7.59. The van der Waals surface area contributed by atoms with E-state index in [9.17, 15) is 4.79 Å². The van der Waals surface area contributed by atoms with Crippen molar-refractivity contribution in [2.24, 2.45) is 0 Å². The summed E-state index contributed by atoms with van der Waals surface area (Å²) in [5, 5.41) is 0.633. The molecular weight excluding hydrogens is 410 g/mol. The molecule has 31 heavy (non-hydrogen) atoms. The summed E-state index contributed by atoms with van der Waals surface area (Å²) in [4.78, 5) is 11.8. The Kier molecular flexibility index (Phi) is 6.10. The number of hydrogen-bond acceptors (Lipinski definition) is 3. The fraction of sp³-hybridized carbons (Fsp3) is 0.115. The summed E-state index contributed by atoms with van der Waals surface area (Å²) in [6, 6.07) is 27.1. The maximum absolute atomic E-state index is 11.8. The van der Waals surface area contributed by atoms with Crippen LogP contribution in [-0.4, -0.2) is 17.6 Å². The highest BCUT2D eigenvalue weighted by molar-refractivity contribution is 6.31. The summed E-state index contributed by atoms with van der Waals surface area (Å²) in [6.07, 6.45) is 0. The van der Waals surface area contributed by atoms with Gasteiger partial charge in [-0.2, -0.15) is 0 Å². The lowest BCUT2D eigenvalue weighted by Crippen LogP contribution is -2.04. The zero-order valence-corrected chi connectivity index (χ0v) is 18.1. The maximum Gasteiger partial charge on any atom is 0.337 e. The number of nitrogens with zero attached hydrogens (tertiary/aromatic N) is 1. The third-order valence-electron chi connectivity index (χ3n) is 5.08. The van der Waals surface area contributed by atoms with Gasteiger partial charge in [-0.1, -0.05) is 41.9 Å². The molecule has 0 amide bonds. The number of hydrogen-bond donors (Lipinski definition) is 0. The number of benzene rings is 3. The van der Waals surface area contributed by atoms with Crippen molar-refractivity contribution < 1.29 is 14.3 Å². The SMILES string of the molecule is COC(=O)c1ccc(-n2c(C)ccc2-c2cc(Cl)ccc2OCc2ccccc2)cc1. The van der Waals surface area contributed by atoms with E-state index in [0.717, 1.165) is 34.0 Å². The Bertz CT molecular complexity index is 1200. The third-order valence-corrected chi connectivity index (χ3v) is 5.31. The molecule has 0 N–H and O–H groups in total. The first-order valence-electron chi connectivity index (χ1n) is 9.90. The van der Waals surface area contributed by atoms with Crippen LogP contribution in [0, 0.1) is 6.92 Å². The van der Waals surface area contributed by atoms with E-state index in [0.29, 0.717) is 17.2 Å². The number of aromatic nitrogens is 1. The first-order chi connectivity index (χ1) is 15.1. The second-order valence-electron chi connectivity index (χ2n) is 7.15. The Balaban J connectivity index is 1.72. The quantitative estimate of drug-likeness (QED) is 0.328. The zero-order valence-electron chi connectivity index (χ0n) is 17.3. The van der Waals surface area contributed by atoms with Crippen LogP contribution < -0.4 is 4.74 Å². The molecule has 4 nitrogen and oxygen atoms in total. The summed E-state index contributed by atoms with van der Waals surface area (Å²) in [6.45, 7) is 2.50. The van der Waals surface area contributed by atoms with E-state index < -0.39 is 0 Å². The Morgan fingerprint density at radius 2 is 1.68 bits per heavy atom. The molecule has 0 spiro atoms. The van der Waals surface area contributed by atoms with Gasteiger partial charge in [-0.15, -0.1) is 0 Å². The molecule has 3 aromatic carbocycles. The van der Waals surface area contributed by atoms with Crippen molar-refractivity contribution in [1.82, 2.24) is 4.57 Å². The molecule has 0 aliphatic heterocycles.